The number of hydrogen-bond donors (Lipinski definition) is 0. The molecule has 1 aromatic heterocycles. The molecule has 0 aliphatic carbocycles. The van der Waals surface area contributed by atoms with Gasteiger partial charge in [-0.3, -0.25) is 0 Å². The molecule has 1 aromatic rings. The molecule has 0 amide bonds. The molecular weight excluding hydrogens is 184 g/mol. The molecule has 1 heterocycles. The van der Waals surface area contributed by atoms with Crippen LogP contribution in [0.15, 0.2) is 24.5 Å². The van der Waals surface area contributed by atoms with E-state index in [4.69, 9.17) is 0 Å². The van der Waals surface area contributed by atoms with E-state index >= 15 is 0 Å². The summed E-state index contributed by atoms with van der Waals surface area (Å²) in [6.45, 7) is 0. The van der Waals surface area contributed by atoms with Crippen molar-refractivity contribution in [2.75, 3.05) is 0 Å². The largest absolute Gasteiger partial charge is 0.159 e. The summed E-state index contributed by atoms with van der Waals surface area (Å²) in [5, 5.41) is 7.07. The standard InChI is InChI=1S/C4H4N2.Ag/c1-2-4-6-5-3-1;/h1-4H;. The zero-order valence-electron chi connectivity index (χ0n) is 3.51. The van der Waals surface area contributed by atoms with Crippen LogP contribution in [0.3, 0.4) is 0 Å². The van der Waals surface area contributed by atoms with Gasteiger partial charge in [0, 0.05) is 34.8 Å². The van der Waals surface area contributed by atoms with E-state index in [0.29, 0.717) is 0 Å². The molecule has 3 heteroatoms. The van der Waals surface area contributed by atoms with Gasteiger partial charge in [0.05, 0.1) is 0 Å². The Morgan fingerprint density at radius 1 is 0.857 bits per heavy atom. The molecule has 0 aromatic carbocycles. The van der Waals surface area contributed by atoms with Crippen molar-refractivity contribution in [2.45, 2.75) is 0 Å². The Morgan fingerprint density at radius 2 is 1.29 bits per heavy atom. The SMILES string of the molecule is [Ag].c1ccnnc1. The quantitative estimate of drug-likeness (QED) is 0.553. The van der Waals surface area contributed by atoms with E-state index in [2.05, 4.69) is 10.2 Å². The van der Waals surface area contributed by atoms with Gasteiger partial charge >= 0.3 is 0 Å². The molecule has 0 bridgehead atoms. The van der Waals surface area contributed by atoms with Crippen molar-refractivity contribution in [2.24, 2.45) is 0 Å². The van der Waals surface area contributed by atoms with E-state index in [1.807, 2.05) is 12.1 Å². The van der Waals surface area contributed by atoms with E-state index in [0.717, 1.165) is 0 Å². The molecule has 0 atom stereocenters. The van der Waals surface area contributed by atoms with Crippen LogP contribution in [0.4, 0.5) is 0 Å². The fourth-order valence-electron chi connectivity index (χ4n) is 0.253. The molecule has 0 saturated heterocycles. The molecule has 1 rings (SSSR count). The van der Waals surface area contributed by atoms with Gasteiger partial charge in [0.2, 0.25) is 0 Å². The molecular formula is C4H4AgN2. The normalized spacial score (nSPS) is 6.86. The monoisotopic (exact) mass is 187 g/mol. The van der Waals surface area contributed by atoms with Gasteiger partial charge in [-0.05, 0) is 12.1 Å². The van der Waals surface area contributed by atoms with Gasteiger partial charge in [0.1, 0.15) is 0 Å². The van der Waals surface area contributed by atoms with Crippen LogP contribution in [0.2, 0.25) is 0 Å². The molecule has 2 nitrogen and oxygen atoms in total. The Hall–Kier alpha value is -0.180. The van der Waals surface area contributed by atoms with Crippen LogP contribution in [-0.2, 0) is 22.4 Å². The zero-order chi connectivity index (χ0) is 4.24. The minimum Gasteiger partial charge on any atom is -0.159 e. The van der Waals surface area contributed by atoms with Gasteiger partial charge in [-0.1, -0.05) is 0 Å². The topological polar surface area (TPSA) is 25.8 Å². The molecule has 0 unspecified atom stereocenters. The summed E-state index contributed by atoms with van der Waals surface area (Å²) in [6, 6.07) is 3.65. The number of rotatable bonds is 0. The maximum atomic E-state index is 3.53. The summed E-state index contributed by atoms with van der Waals surface area (Å²) in [5.74, 6) is 0. The summed E-state index contributed by atoms with van der Waals surface area (Å²) in [5.41, 5.74) is 0. The average Bonchev–Trinajstić information content (AvgIpc) is 1.72. The molecule has 7 heavy (non-hydrogen) atoms. The van der Waals surface area contributed by atoms with E-state index < -0.39 is 0 Å². The Balaban J connectivity index is 0.000000360. The molecule has 1 radical (unpaired) electrons. The summed E-state index contributed by atoms with van der Waals surface area (Å²) >= 11 is 0. The first kappa shape index (κ1) is 6.82. The Labute approximate surface area is 57.5 Å². The first-order chi connectivity index (χ1) is 3.00. The minimum absolute atomic E-state index is 0. The second-order valence-corrected chi connectivity index (χ2v) is 0.914. The maximum Gasteiger partial charge on any atom is 0.0496 e. The van der Waals surface area contributed by atoms with Gasteiger partial charge < -0.3 is 0 Å². The van der Waals surface area contributed by atoms with E-state index in [9.17, 15) is 0 Å². The van der Waals surface area contributed by atoms with Crippen LogP contribution in [0.1, 0.15) is 0 Å². The number of nitrogens with zero attached hydrogens (tertiary/aromatic N) is 2. The third kappa shape index (κ3) is 2.51. The number of aromatic nitrogens is 2. The number of hydrogen-bond acceptors (Lipinski definition) is 2. The van der Waals surface area contributed by atoms with Crippen LogP contribution in [0, 0.1) is 0 Å². The predicted molar refractivity (Wildman–Crippen MR) is 22.0 cm³/mol. The molecule has 0 saturated carbocycles. The first-order valence-electron chi connectivity index (χ1n) is 1.72. The van der Waals surface area contributed by atoms with Gasteiger partial charge in [0.15, 0.2) is 0 Å². The Morgan fingerprint density at radius 3 is 1.43 bits per heavy atom. The molecule has 0 fully saturated rings. The van der Waals surface area contributed by atoms with Crippen molar-refractivity contribution >= 4 is 0 Å². The van der Waals surface area contributed by atoms with Crippen LogP contribution < -0.4 is 0 Å². The molecule has 41 valence electrons. The predicted octanol–water partition coefficient (Wildman–Crippen LogP) is 0.474. The summed E-state index contributed by atoms with van der Waals surface area (Å²) in [6.07, 6.45) is 3.28. The molecule has 0 N–H and O–H groups in total. The van der Waals surface area contributed by atoms with Gasteiger partial charge in [-0.15, -0.1) is 0 Å². The van der Waals surface area contributed by atoms with E-state index in [1.54, 1.807) is 12.4 Å². The van der Waals surface area contributed by atoms with Gasteiger partial charge in [-0.2, -0.15) is 10.2 Å². The third-order valence-electron chi connectivity index (χ3n) is 0.483. The summed E-state index contributed by atoms with van der Waals surface area (Å²) in [7, 11) is 0. The summed E-state index contributed by atoms with van der Waals surface area (Å²) in [4.78, 5) is 0. The van der Waals surface area contributed by atoms with E-state index in [-0.39, 0.29) is 22.4 Å². The van der Waals surface area contributed by atoms with Crippen molar-refractivity contribution in [3.8, 4) is 0 Å². The van der Waals surface area contributed by atoms with Crippen molar-refractivity contribution in [1.29, 1.82) is 0 Å². The van der Waals surface area contributed by atoms with Crippen molar-refractivity contribution in [3.05, 3.63) is 24.5 Å². The smallest absolute Gasteiger partial charge is 0.0496 e. The minimum atomic E-state index is 0. The zero-order valence-corrected chi connectivity index (χ0v) is 4.99. The van der Waals surface area contributed by atoms with Crippen LogP contribution in [0.25, 0.3) is 0 Å². The second-order valence-electron chi connectivity index (χ2n) is 0.914. The van der Waals surface area contributed by atoms with Gasteiger partial charge in [-0.25, -0.2) is 0 Å². The third-order valence-corrected chi connectivity index (χ3v) is 0.483. The average molecular weight is 188 g/mol. The Bertz CT molecular complexity index is 81.6. The summed E-state index contributed by atoms with van der Waals surface area (Å²) < 4.78 is 0. The van der Waals surface area contributed by atoms with Crippen molar-refractivity contribution in [3.63, 3.8) is 0 Å². The fourth-order valence-corrected chi connectivity index (χ4v) is 0.253. The Kier molecular flexibility index (Phi) is 3.89. The van der Waals surface area contributed by atoms with Crippen molar-refractivity contribution < 1.29 is 22.4 Å². The maximum absolute atomic E-state index is 3.53. The van der Waals surface area contributed by atoms with Gasteiger partial charge in [0.25, 0.3) is 0 Å². The first-order valence-corrected chi connectivity index (χ1v) is 1.72. The second kappa shape index (κ2) is 3.99. The van der Waals surface area contributed by atoms with Crippen LogP contribution in [-0.4, -0.2) is 10.2 Å². The van der Waals surface area contributed by atoms with Crippen molar-refractivity contribution in [1.82, 2.24) is 10.2 Å². The molecule has 0 aliphatic rings. The molecule has 0 spiro atoms. The van der Waals surface area contributed by atoms with Crippen LogP contribution in [0.5, 0.6) is 0 Å². The fraction of sp³-hybridized carbons (Fsp3) is 0. The van der Waals surface area contributed by atoms with E-state index in [1.165, 1.54) is 0 Å². The van der Waals surface area contributed by atoms with Crippen LogP contribution >= 0.6 is 0 Å². The molecule has 0 aliphatic heterocycles.